The predicted molar refractivity (Wildman–Crippen MR) is 75.0 cm³/mol. The number of alkyl halides is 1. The lowest BCUT2D eigenvalue weighted by Gasteiger charge is -2.09. The molecule has 1 aliphatic rings. The molecule has 0 amide bonds. The summed E-state index contributed by atoms with van der Waals surface area (Å²) in [5.74, 6) is -1.19. The summed E-state index contributed by atoms with van der Waals surface area (Å²) in [4.78, 5) is 10.8. The van der Waals surface area contributed by atoms with Crippen molar-refractivity contribution in [2.75, 3.05) is 0 Å². The average Bonchev–Trinajstić information content (AvgIpc) is 3.13. The van der Waals surface area contributed by atoms with Crippen molar-refractivity contribution in [3.8, 4) is 0 Å². The van der Waals surface area contributed by atoms with Gasteiger partial charge in [0.1, 0.15) is 5.67 Å². The van der Waals surface area contributed by atoms with Crippen LogP contribution in [0.3, 0.4) is 0 Å². The van der Waals surface area contributed by atoms with Crippen LogP contribution in [-0.4, -0.2) is 11.1 Å². The van der Waals surface area contributed by atoms with E-state index in [1.54, 1.807) is 24.3 Å². The summed E-state index contributed by atoms with van der Waals surface area (Å²) >= 11 is 5.82. The number of carboxylic acid groups (broad SMARTS) is 1. The Morgan fingerprint density at radius 3 is 2.30 bits per heavy atom. The minimum absolute atomic E-state index is 0.168. The zero-order valence-corrected chi connectivity index (χ0v) is 11.3. The molecule has 0 spiro atoms. The number of rotatable bonds is 3. The van der Waals surface area contributed by atoms with E-state index in [0.29, 0.717) is 17.0 Å². The van der Waals surface area contributed by atoms with Crippen LogP contribution in [0.25, 0.3) is 0 Å². The lowest BCUT2D eigenvalue weighted by atomic mass is 10.0. The van der Waals surface area contributed by atoms with Crippen molar-refractivity contribution in [3.05, 3.63) is 70.2 Å². The van der Waals surface area contributed by atoms with E-state index in [4.69, 9.17) is 16.7 Å². The van der Waals surface area contributed by atoms with Gasteiger partial charge >= 0.3 is 5.97 Å². The highest BCUT2D eigenvalue weighted by atomic mass is 35.5. The topological polar surface area (TPSA) is 37.3 Å². The Labute approximate surface area is 120 Å². The molecule has 1 saturated carbocycles. The number of hydrogen-bond donors (Lipinski definition) is 1. The van der Waals surface area contributed by atoms with Gasteiger partial charge < -0.3 is 5.11 Å². The van der Waals surface area contributed by atoms with E-state index < -0.39 is 11.6 Å². The Morgan fingerprint density at radius 2 is 1.75 bits per heavy atom. The van der Waals surface area contributed by atoms with Gasteiger partial charge in [-0.2, -0.15) is 0 Å². The maximum Gasteiger partial charge on any atom is 0.335 e. The Bertz CT molecular complexity index is 651. The van der Waals surface area contributed by atoms with Gasteiger partial charge in [-0.15, -0.1) is 0 Å². The maximum absolute atomic E-state index is 14.8. The lowest BCUT2D eigenvalue weighted by molar-refractivity contribution is 0.0696. The van der Waals surface area contributed by atoms with Crippen LogP contribution in [0.1, 0.15) is 33.8 Å². The summed E-state index contributed by atoms with van der Waals surface area (Å²) < 4.78 is 14.8. The number of carbonyl (C=O) groups is 1. The maximum atomic E-state index is 14.8. The molecule has 4 heteroatoms. The normalized spacial score (nSPS) is 24.4. The molecule has 0 bridgehead atoms. The molecule has 0 radical (unpaired) electrons. The van der Waals surface area contributed by atoms with Crippen molar-refractivity contribution in [1.82, 2.24) is 0 Å². The van der Waals surface area contributed by atoms with Crippen LogP contribution in [0.4, 0.5) is 4.39 Å². The molecular weight excluding hydrogens is 279 g/mol. The van der Waals surface area contributed by atoms with E-state index in [0.717, 1.165) is 5.56 Å². The Balaban J connectivity index is 1.84. The zero-order valence-electron chi connectivity index (χ0n) is 10.5. The number of halogens is 2. The van der Waals surface area contributed by atoms with E-state index in [2.05, 4.69) is 0 Å². The molecule has 1 aliphatic carbocycles. The summed E-state index contributed by atoms with van der Waals surface area (Å²) in [7, 11) is 0. The molecule has 20 heavy (non-hydrogen) atoms. The molecule has 2 nitrogen and oxygen atoms in total. The Hall–Kier alpha value is -1.87. The Morgan fingerprint density at radius 1 is 1.15 bits per heavy atom. The summed E-state index contributed by atoms with van der Waals surface area (Å²) in [6.07, 6.45) is 0.418. The van der Waals surface area contributed by atoms with Gasteiger partial charge in [0.2, 0.25) is 0 Å². The third-order valence-electron chi connectivity index (χ3n) is 3.78. The molecule has 2 aromatic carbocycles. The van der Waals surface area contributed by atoms with E-state index >= 15 is 0 Å². The quantitative estimate of drug-likeness (QED) is 0.910. The molecule has 0 saturated heterocycles. The van der Waals surface area contributed by atoms with E-state index in [1.807, 2.05) is 12.1 Å². The molecule has 0 aliphatic heterocycles. The fraction of sp³-hybridized carbons (Fsp3) is 0.188. The number of benzene rings is 2. The Kier molecular flexibility index (Phi) is 3.02. The first kappa shape index (κ1) is 13.1. The van der Waals surface area contributed by atoms with Crippen molar-refractivity contribution < 1.29 is 14.3 Å². The van der Waals surface area contributed by atoms with E-state index in [1.165, 1.54) is 12.1 Å². The van der Waals surface area contributed by atoms with Gasteiger partial charge in [-0.05, 0) is 41.8 Å². The van der Waals surface area contributed by atoms with Gasteiger partial charge in [0.15, 0.2) is 0 Å². The van der Waals surface area contributed by atoms with Crippen molar-refractivity contribution in [1.29, 1.82) is 0 Å². The second-order valence-corrected chi connectivity index (χ2v) is 5.49. The van der Waals surface area contributed by atoms with Crippen LogP contribution < -0.4 is 0 Å². The third kappa shape index (κ3) is 2.18. The molecule has 2 unspecified atom stereocenters. The highest BCUT2D eigenvalue weighted by Crippen LogP contribution is 2.61. The molecule has 0 aromatic heterocycles. The van der Waals surface area contributed by atoms with Crippen LogP contribution in [0.5, 0.6) is 0 Å². The van der Waals surface area contributed by atoms with Gasteiger partial charge in [0, 0.05) is 10.9 Å². The summed E-state index contributed by atoms with van der Waals surface area (Å²) in [5, 5.41) is 9.47. The average molecular weight is 291 g/mol. The standard InChI is InChI=1S/C16H12ClFO2/c17-13-7-3-10(4-8-13)14-9-16(14,18)12-5-1-11(2-6-12)15(19)20/h1-8,14H,9H2,(H,19,20). The summed E-state index contributed by atoms with van der Waals surface area (Å²) in [6, 6.07) is 13.2. The minimum atomic E-state index is -1.40. The van der Waals surface area contributed by atoms with Crippen molar-refractivity contribution >= 4 is 17.6 Å². The minimum Gasteiger partial charge on any atom is -0.478 e. The van der Waals surface area contributed by atoms with Gasteiger partial charge in [-0.3, -0.25) is 0 Å². The van der Waals surface area contributed by atoms with Crippen LogP contribution in [0.15, 0.2) is 48.5 Å². The van der Waals surface area contributed by atoms with Gasteiger partial charge in [0.25, 0.3) is 0 Å². The van der Waals surface area contributed by atoms with Crippen LogP contribution in [-0.2, 0) is 5.67 Å². The second-order valence-electron chi connectivity index (χ2n) is 5.05. The first-order valence-corrected chi connectivity index (χ1v) is 6.67. The first-order chi connectivity index (χ1) is 9.50. The van der Waals surface area contributed by atoms with Crippen LogP contribution in [0.2, 0.25) is 5.02 Å². The van der Waals surface area contributed by atoms with E-state index in [9.17, 15) is 9.18 Å². The molecular formula is C16H12ClFO2. The monoisotopic (exact) mass is 290 g/mol. The highest BCUT2D eigenvalue weighted by Gasteiger charge is 2.57. The lowest BCUT2D eigenvalue weighted by Crippen LogP contribution is -2.03. The number of aromatic carboxylic acids is 1. The molecule has 0 heterocycles. The molecule has 3 rings (SSSR count). The third-order valence-corrected chi connectivity index (χ3v) is 4.03. The van der Waals surface area contributed by atoms with E-state index in [-0.39, 0.29) is 11.5 Å². The smallest absolute Gasteiger partial charge is 0.335 e. The first-order valence-electron chi connectivity index (χ1n) is 6.29. The number of carboxylic acids is 1. The number of hydrogen-bond acceptors (Lipinski definition) is 1. The zero-order chi connectivity index (χ0) is 14.3. The molecule has 2 aromatic rings. The second kappa shape index (κ2) is 4.60. The van der Waals surface area contributed by atoms with Crippen molar-refractivity contribution in [3.63, 3.8) is 0 Å². The molecule has 1 fully saturated rings. The van der Waals surface area contributed by atoms with Crippen LogP contribution >= 0.6 is 11.6 Å². The molecule has 102 valence electrons. The van der Waals surface area contributed by atoms with Crippen molar-refractivity contribution in [2.45, 2.75) is 18.0 Å². The summed E-state index contributed by atoms with van der Waals surface area (Å²) in [6.45, 7) is 0. The largest absolute Gasteiger partial charge is 0.478 e. The SMILES string of the molecule is O=C(O)c1ccc(C2(F)CC2c2ccc(Cl)cc2)cc1. The van der Waals surface area contributed by atoms with Gasteiger partial charge in [0.05, 0.1) is 5.56 Å². The fourth-order valence-electron chi connectivity index (χ4n) is 2.52. The summed E-state index contributed by atoms with van der Waals surface area (Å²) in [5.41, 5.74) is 0.216. The molecule has 2 atom stereocenters. The highest BCUT2D eigenvalue weighted by molar-refractivity contribution is 6.30. The molecule has 1 N–H and O–H groups in total. The van der Waals surface area contributed by atoms with Gasteiger partial charge in [-0.25, -0.2) is 9.18 Å². The fourth-order valence-corrected chi connectivity index (χ4v) is 2.65. The van der Waals surface area contributed by atoms with Crippen LogP contribution in [0, 0.1) is 0 Å². The van der Waals surface area contributed by atoms with Gasteiger partial charge in [-0.1, -0.05) is 35.9 Å². The predicted octanol–water partition coefficient (Wildman–Crippen LogP) is 4.39. The van der Waals surface area contributed by atoms with Crippen molar-refractivity contribution in [2.24, 2.45) is 0 Å².